The number of nitro groups is 1. The third kappa shape index (κ3) is 2.19. The third-order valence-corrected chi connectivity index (χ3v) is 4.95. The Kier molecular flexibility index (Phi) is 3.20. The summed E-state index contributed by atoms with van der Waals surface area (Å²) < 4.78 is 5.35. The molecule has 0 unspecified atom stereocenters. The monoisotopic (exact) mass is 291 g/mol. The first kappa shape index (κ1) is 14.0. The maximum atomic E-state index is 11.8. The topological polar surface area (TPSA) is 89.7 Å². The minimum atomic E-state index is -0.896. The predicted octanol–water partition coefficient (Wildman–Crippen LogP) is 2.51. The highest BCUT2D eigenvalue weighted by Gasteiger charge is 2.59. The van der Waals surface area contributed by atoms with Crippen molar-refractivity contribution in [3.8, 4) is 0 Å². The Morgan fingerprint density at radius 1 is 1.19 bits per heavy atom. The third-order valence-electron chi connectivity index (χ3n) is 4.95. The SMILES string of the molecule is O=C(O)C1(c2ccc([N+](=O)[O-])cc2)CC2(CCOCC2)C1. The van der Waals surface area contributed by atoms with Crippen LogP contribution in [0.3, 0.4) is 0 Å². The molecule has 0 aromatic heterocycles. The quantitative estimate of drug-likeness (QED) is 0.682. The van der Waals surface area contributed by atoms with Crippen LogP contribution in [0.15, 0.2) is 24.3 Å². The molecule has 6 nitrogen and oxygen atoms in total. The molecule has 3 rings (SSSR count). The van der Waals surface area contributed by atoms with E-state index in [9.17, 15) is 20.0 Å². The Hall–Kier alpha value is -1.95. The fourth-order valence-corrected chi connectivity index (χ4v) is 3.77. The Morgan fingerprint density at radius 2 is 1.76 bits per heavy atom. The van der Waals surface area contributed by atoms with Crippen molar-refractivity contribution >= 4 is 11.7 Å². The van der Waals surface area contributed by atoms with E-state index in [-0.39, 0.29) is 11.1 Å². The maximum Gasteiger partial charge on any atom is 0.314 e. The van der Waals surface area contributed by atoms with Gasteiger partial charge in [0.25, 0.3) is 5.69 Å². The molecule has 1 aliphatic carbocycles. The molecule has 1 saturated heterocycles. The highest BCUT2D eigenvalue weighted by Crippen LogP contribution is 2.60. The average Bonchev–Trinajstić information content (AvgIpc) is 2.45. The summed E-state index contributed by atoms with van der Waals surface area (Å²) in [7, 11) is 0. The fourth-order valence-electron chi connectivity index (χ4n) is 3.77. The van der Waals surface area contributed by atoms with Crippen LogP contribution in [-0.2, 0) is 14.9 Å². The van der Waals surface area contributed by atoms with Crippen LogP contribution >= 0.6 is 0 Å². The zero-order valence-corrected chi connectivity index (χ0v) is 11.6. The summed E-state index contributed by atoms with van der Waals surface area (Å²) in [4.78, 5) is 22.0. The number of carboxylic acid groups (broad SMARTS) is 1. The van der Waals surface area contributed by atoms with E-state index in [1.165, 1.54) is 12.1 Å². The van der Waals surface area contributed by atoms with E-state index in [0.717, 1.165) is 12.8 Å². The molecule has 1 N–H and O–H groups in total. The number of nitrogens with zero attached hydrogens (tertiary/aromatic N) is 1. The van der Waals surface area contributed by atoms with Gasteiger partial charge in [-0.2, -0.15) is 0 Å². The van der Waals surface area contributed by atoms with E-state index in [0.29, 0.717) is 31.6 Å². The summed E-state index contributed by atoms with van der Waals surface area (Å²) in [5, 5.41) is 20.4. The average molecular weight is 291 g/mol. The first-order valence-electron chi connectivity index (χ1n) is 7.04. The molecule has 112 valence electrons. The Balaban J connectivity index is 1.86. The van der Waals surface area contributed by atoms with Gasteiger partial charge in [-0.25, -0.2) is 0 Å². The molecule has 2 fully saturated rings. The van der Waals surface area contributed by atoms with Gasteiger partial charge >= 0.3 is 5.97 Å². The van der Waals surface area contributed by atoms with Crippen LogP contribution in [-0.4, -0.2) is 29.2 Å². The zero-order valence-electron chi connectivity index (χ0n) is 11.6. The van der Waals surface area contributed by atoms with Gasteiger partial charge in [-0.3, -0.25) is 14.9 Å². The van der Waals surface area contributed by atoms with Gasteiger partial charge < -0.3 is 9.84 Å². The molecule has 1 heterocycles. The van der Waals surface area contributed by atoms with E-state index >= 15 is 0 Å². The predicted molar refractivity (Wildman–Crippen MR) is 74.1 cm³/mol. The van der Waals surface area contributed by atoms with Crippen molar-refractivity contribution in [1.29, 1.82) is 0 Å². The number of carboxylic acids is 1. The minimum absolute atomic E-state index is 0.0145. The maximum absolute atomic E-state index is 11.8. The minimum Gasteiger partial charge on any atom is -0.481 e. The molecule has 1 aromatic carbocycles. The number of aliphatic carboxylic acids is 1. The summed E-state index contributed by atoms with van der Waals surface area (Å²) in [6, 6.07) is 5.93. The van der Waals surface area contributed by atoms with E-state index in [2.05, 4.69) is 0 Å². The molecule has 1 aromatic rings. The first-order chi connectivity index (χ1) is 9.97. The Morgan fingerprint density at radius 3 is 2.24 bits per heavy atom. The molecular formula is C15H17NO5. The number of hydrogen-bond donors (Lipinski definition) is 1. The molecule has 1 aliphatic heterocycles. The van der Waals surface area contributed by atoms with Gasteiger partial charge in [-0.15, -0.1) is 0 Å². The summed E-state index contributed by atoms with van der Waals surface area (Å²) in [5.74, 6) is -0.839. The molecule has 0 bridgehead atoms. The largest absolute Gasteiger partial charge is 0.481 e. The molecule has 0 amide bonds. The van der Waals surface area contributed by atoms with Gasteiger partial charge in [0, 0.05) is 25.3 Å². The van der Waals surface area contributed by atoms with Crippen LogP contribution < -0.4 is 0 Å². The van der Waals surface area contributed by atoms with Crippen molar-refractivity contribution in [2.45, 2.75) is 31.1 Å². The van der Waals surface area contributed by atoms with Crippen LogP contribution in [0.25, 0.3) is 0 Å². The number of ether oxygens (including phenoxy) is 1. The van der Waals surface area contributed by atoms with Gasteiger partial charge in [0.05, 0.1) is 10.3 Å². The number of hydrogen-bond acceptors (Lipinski definition) is 4. The van der Waals surface area contributed by atoms with E-state index in [1.807, 2.05) is 0 Å². The van der Waals surface area contributed by atoms with Gasteiger partial charge in [-0.1, -0.05) is 12.1 Å². The van der Waals surface area contributed by atoms with Gasteiger partial charge in [0.1, 0.15) is 0 Å². The van der Waals surface area contributed by atoms with Crippen LogP contribution in [0.1, 0.15) is 31.2 Å². The number of nitro benzene ring substituents is 1. The summed E-state index contributed by atoms with van der Waals surface area (Å²) in [6.07, 6.45) is 2.98. The van der Waals surface area contributed by atoms with Gasteiger partial charge in [0.15, 0.2) is 0 Å². The molecule has 2 aliphatic rings. The Labute approximate surface area is 121 Å². The van der Waals surface area contributed by atoms with Crippen molar-refractivity contribution in [2.75, 3.05) is 13.2 Å². The smallest absolute Gasteiger partial charge is 0.314 e. The molecule has 21 heavy (non-hydrogen) atoms. The summed E-state index contributed by atoms with van der Waals surface area (Å²) in [6.45, 7) is 1.38. The number of carbonyl (C=O) groups is 1. The van der Waals surface area contributed by atoms with Gasteiger partial charge in [-0.05, 0) is 36.7 Å². The molecule has 0 radical (unpaired) electrons. The lowest BCUT2D eigenvalue weighted by Crippen LogP contribution is -2.56. The van der Waals surface area contributed by atoms with E-state index in [4.69, 9.17) is 4.74 Å². The summed E-state index contributed by atoms with van der Waals surface area (Å²) in [5.41, 5.74) is -0.178. The van der Waals surface area contributed by atoms with Crippen molar-refractivity contribution in [3.05, 3.63) is 39.9 Å². The van der Waals surface area contributed by atoms with Crippen molar-refractivity contribution < 1.29 is 19.6 Å². The number of benzene rings is 1. The molecular weight excluding hydrogens is 274 g/mol. The second-order valence-corrected chi connectivity index (χ2v) is 6.16. The van der Waals surface area contributed by atoms with Crippen LogP contribution in [0.2, 0.25) is 0 Å². The van der Waals surface area contributed by atoms with Crippen molar-refractivity contribution in [3.63, 3.8) is 0 Å². The first-order valence-corrected chi connectivity index (χ1v) is 7.04. The van der Waals surface area contributed by atoms with Crippen LogP contribution in [0.5, 0.6) is 0 Å². The molecule has 0 atom stereocenters. The lowest BCUT2D eigenvalue weighted by molar-refractivity contribution is -0.384. The van der Waals surface area contributed by atoms with E-state index < -0.39 is 16.3 Å². The highest BCUT2D eigenvalue weighted by atomic mass is 16.6. The highest BCUT2D eigenvalue weighted by molar-refractivity contribution is 5.83. The number of non-ortho nitro benzene ring substituents is 1. The molecule has 6 heteroatoms. The lowest BCUT2D eigenvalue weighted by atomic mass is 9.48. The van der Waals surface area contributed by atoms with Crippen molar-refractivity contribution in [1.82, 2.24) is 0 Å². The fraction of sp³-hybridized carbons (Fsp3) is 0.533. The second kappa shape index (κ2) is 4.80. The zero-order chi connectivity index (χ0) is 15.1. The molecule has 1 spiro atoms. The Bertz CT molecular complexity index is 566. The lowest BCUT2D eigenvalue weighted by Gasteiger charge is -2.56. The van der Waals surface area contributed by atoms with Gasteiger partial charge in [0.2, 0.25) is 0 Å². The molecule has 1 saturated carbocycles. The van der Waals surface area contributed by atoms with E-state index in [1.54, 1.807) is 12.1 Å². The number of rotatable bonds is 3. The van der Waals surface area contributed by atoms with Crippen molar-refractivity contribution in [2.24, 2.45) is 5.41 Å². The summed E-state index contributed by atoms with van der Waals surface area (Å²) >= 11 is 0. The van der Waals surface area contributed by atoms with Crippen LogP contribution in [0, 0.1) is 15.5 Å². The normalized spacial score (nSPS) is 22.5. The second-order valence-electron chi connectivity index (χ2n) is 6.16. The van der Waals surface area contributed by atoms with Crippen LogP contribution in [0.4, 0.5) is 5.69 Å². The standard InChI is InChI=1S/C15H17NO5/c17-13(18)15(9-14(10-15)5-7-21-8-6-14)11-1-3-12(4-2-11)16(19)20/h1-4H,5-10H2,(H,17,18).